The molecule has 0 aliphatic rings. The maximum absolute atomic E-state index is 13.2. The van der Waals surface area contributed by atoms with Crippen LogP contribution in [0.4, 0.5) is 15.2 Å². The third kappa shape index (κ3) is 5.29. The Morgan fingerprint density at radius 2 is 1.86 bits per heavy atom. The summed E-state index contributed by atoms with van der Waals surface area (Å²) in [5, 5.41) is 7.33. The van der Waals surface area contributed by atoms with Crippen molar-refractivity contribution in [3.8, 4) is 11.5 Å². The zero-order valence-electron chi connectivity index (χ0n) is 15.7. The number of amides is 2. The average Bonchev–Trinajstić information content (AvgIpc) is 3.13. The molecule has 1 heterocycles. The number of anilines is 2. The van der Waals surface area contributed by atoms with E-state index >= 15 is 0 Å². The molecule has 0 atom stereocenters. The Balaban J connectivity index is 1.61. The quantitative estimate of drug-likeness (QED) is 0.614. The first-order valence-corrected chi connectivity index (χ1v) is 9.39. The number of nitrogens with one attached hydrogen (secondary N) is 2. The first-order chi connectivity index (χ1) is 14.0. The number of methoxy groups -OCH3 is 2. The van der Waals surface area contributed by atoms with Crippen molar-refractivity contribution in [3.63, 3.8) is 0 Å². The molecule has 0 saturated heterocycles. The summed E-state index contributed by atoms with van der Waals surface area (Å²) in [4.78, 5) is 28.8. The van der Waals surface area contributed by atoms with E-state index in [1.807, 2.05) is 0 Å². The summed E-state index contributed by atoms with van der Waals surface area (Å²) in [5.41, 5.74) is 1.24. The van der Waals surface area contributed by atoms with E-state index < -0.39 is 5.82 Å². The second-order valence-corrected chi connectivity index (χ2v) is 6.76. The van der Waals surface area contributed by atoms with Gasteiger partial charge in [-0.15, -0.1) is 11.3 Å². The standard InChI is InChI=1S/C20H18FN3O4S/c1-27-16-7-6-12(8-17(16)28-2)19(26)24-20-23-15(11-29-20)10-18(25)22-14-5-3-4-13(21)9-14/h3-9,11H,10H2,1-2H3,(H,22,25)(H,23,24,26). The van der Waals surface area contributed by atoms with Gasteiger partial charge in [0.1, 0.15) is 5.82 Å². The predicted molar refractivity (Wildman–Crippen MR) is 108 cm³/mol. The Morgan fingerprint density at radius 3 is 2.59 bits per heavy atom. The molecule has 150 valence electrons. The van der Waals surface area contributed by atoms with Gasteiger partial charge in [-0.25, -0.2) is 9.37 Å². The summed E-state index contributed by atoms with van der Waals surface area (Å²) in [6.45, 7) is 0. The van der Waals surface area contributed by atoms with Crippen molar-refractivity contribution in [2.75, 3.05) is 24.9 Å². The number of halogens is 1. The van der Waals surface area contributed by atoms with E-state index in [4.69, 9.17) is 9.47 Å². The van der Waals surface area contributed by atoms with E-state index in [2.05, 4.69) is 15.6 Å². The maximum Gasteiger partial charge on any atom is 0.257 e. The fourth-order valence-corrected chi connectivity index (χ4v) is 3.23. The first-order valence-electron chi connectivity index (χ1n) is 8.51. The minimum absolute atomic E-state index is 0.000751. The van der Waals surface area contributed by atoms with Crippen molar-refractivity contribution in [1.82, 2.24) is 4.98 Å². The number of nitrogens with zero attached hydrogens (tertiary/aromatic N) is 1. The van der Waals surface area contributed by atoms with E-state index in [1.165, 1.54) is 43.8 Å². The Labute approximate surface area is 170 Å². The van der Waals surface area contributed by atoms with E-state index in [0.717, 1.165) is 0 Å². The molecule has 0 aliphatic heterocycles. The molecule has 0 fully saturated rings. The first kappa shape index (κ1) is 20.3. The largest absolute Gasteiger partial charge is 0.493 e. The highest BCUT2D eigenvalue weighted by Gasteiger charge is 2.14. The molecule has 0 saturated carbocycles. The molecule has 2 N–H and O–H groups in total. The fraction of sp³-hybridized carbons (Fsp3) is 0.150. The molecule has 2 amide bonds. The van der Waals surface area contributed by atoms with Crippen LogP contribution in [0.25, 0.3) is 0 Å². The molecule has 3 aromatic rings. The average molecular weight is 415 g/mol. The third-order valence-corrected chi connectivity index (χ3v) is 4.67. The molecule has 1 aromatic heterocycles. The third-order valence-electron chi connectivity index (χ3n) is 3.87. The lowest BCUT2D eigenvalue weighted by Crippen LogP contribution is -2.15. The fourth-order valence-electron chi connectivity index (χ4n) is 2.53. The Morgan fingerprint density at radius 1 is 1.07 bits per heavy atom. The van der Waals surface area contributed by atoms with Gasteiger partial charge in [0, 0.05) is 16.6 Å². The summed E-state index contributed by atoms with van der Waals surface area (Å²) in [5.74, 6) is -0.176. The van der Waals surface area contributed by atoms with Crippen LogP contribution in [0.5, 0.6) is 11.5 Å². The molecule has 0 aliphatic carbocycles. The van der Waals surface area contributed by atoms with Gasteiger partial charge in [0.25, 0.3) is 5.91 Å². The van der Waals surface area contributed by atoms with Crippen molar-refractivity contribution in [2.24, 2.45) is 0 Å². The van der Waals surface area contributed by atoms with Crippen LogP contribution >= 0.6 is 11.3 Å². The van der Waals surface area contributed by atoms with Gasteiger partial charge in [-0.05, 0) is 36.4 Å². The number of benzene rings is 2. The number of carbonyl (C=O) groups is 2. The van der Waals surface area contributed by atoms with E-state index in [9.17, 15) is 14.0 Å². The van der Waals surface area contributed by atoms with E-state index in [1.54, 1.807) is 29.6 Å². The van der Waals surface area contributed by atoms with Crippen molar-refractivity contribution < 1.29 is 23.5 Å². The zero-order valence-corrected chi connectivity index (χ0v) is 16.5. The number of carbonyl (C=O) groups excluding carboxylic acids is 2. The summed E-state index contributed by atoms with van der Waals surface area (Å²) >= 11 is 1.20. The van der Waals surface area contributed by atoms with Gasteiger partial charge in [-0.2, -0.15) is 0 Å². The molecule has 0 bridgehead atoms. The normalized spacial score (nSPS) is 10.3. The molecule has 7 nitrogen and oxygen atoms in total. The number of aromatic nitrogens is 1. The topological polar surface area (TPSA) is 89.5 Å². The van der Waals surface area contributed by atoms with E-state index in [-0.39, 0.29) is 18.2 Å². The number of rotatable bonds is 7. The summed E-state index contributed by atoms with van der Waals surface area (Å²) in [6, 6.07) is 10.4. The van der Waals surface area contributed by atoms with Crippen LogP contribution in [-0.2, 0) is 11.2 Å². The highest BCUT2D eigenvalue weighted by molar-refractivity contribution is 7.14. The maximum atomic E-state index is 13.2. The lowest BCUT2D eigenvalue weighted by atomic mass is 10.2. The Bertz CT molecular complexity index is 1040. The summed E-state index contributed by atoms with van der Waals surface area (Å²) in [7, 11) is 3.00. The van der Waals surface area contributed by atoms with Crippen molar-refractivity contribution >= 4 is 34.0 Å². The molecule has 29 heavy (non-hydrogen) atoms. The minimum atomic E-state index is -0.434. The molecule has 0 radical (unpaired) electrons. The molecular weight excluding hydrogens is 397 g/mol. The van der Waals surface area contributed by atoms with Crippen LogP contribution in [0.3, 0.4) is 0 Å². The van der Waals surface area contributed by atoms with Crippen LogP contribution in [-0.4, -0.2) is 31.0 Å². The van der Waals surface area contributed by atoms with Crippen LogP contribution in [0.15, 0.2) is 47.8 Å². The van der Waals surface area contributed by atoms with Crippen molar-refractivity contribution in [3.05, 3.63) is 64.9 Å². The Hall–Kier alpha value is -3.46. The van der Waals surface area contributed by atoms with Gasteiger partial charge >= 0.3 is 0 Å². The Kier molecular flexibility index (Phi) is 6.40. The smallest absolute Gasteiger partial charge is 0.257 e. The second kappa shape index (κ2) is 9.16. The van der Waals surface area contributed by atoms with Gasteiger partial charge in [-0.1, -0.05) is 6.07 Å². The van der Waals surface area contributed by atoms with Crippen molar-refractivity contribution in [1.29, 1.82) is 0 Å². The van der Waals surface area contributed by atoms with Gasteiger partial charge in [0.05, 0.1) is 26.3 Å². The molecular formula is C20H18FN3O4S. The van der Waals surface area contributed by atoms with Crippen LogP contribution in [0.2, 0.25) is 0 Å². The molecule has 3 rings (SSSR count). The lowest BCUT2D eigenvalue weighted by molar-refractivity contribution is -0.115. The van der Waals surface area contributed by atoms with Crippen LogP contribution in [0.1, 0.15) is 16.1 Å². The second-order valence-electron chi connectivity index (χ2n) is 5.90. The van der Waals surface area contributed by atoms with Gasteiger partial charge in [-0.3, -0.25) is 14.9 Å². The summed E-state index contributed by atoms with van der Waals surface area (Å²) in [6.07, 6.45) is -0.000751. The monoisotopic (exact) mass is 415 g/mol. The van der Waals surface area contributed by atoms with Gasteiger partial charge in [0.2, 0.25) is 5.91 Å². The zero-order chi connectivity index (χ0) is 20.8. The molecule has 0 spiro atoms. The van der Waals surface area contributed by atoms with Gasteiger partial charge in [0.15, 0.2) is 16.6 Å². The minimum Gasteiger partial charge on any atom is -0.493 e. The van der Waals surface area contributed by atoms with E-state index in [0.29, 0.717) is 33.6 Å². The molecule has 2 aromatic carbocycles. The van der Waals surface area contributed by atoms with Crippen LogP contribution < -0.4 is 20.1 Å². The number of ether oxygens (including phenoxy) is 2. The number of thiazole rings is 1. The number of hydrogen-bond acceptors (Lipinski definition) is 6. The number of hydrogen-bond donors (Lipinski definition) is 2. The van der Waals surface area contributed by atoms with Gasteiger partial charge < -0.3 is 14.8 Å². The summed E-state index contributed by atoms with van der Waals surface area (Å²) < 4.78 is 23.5. The van der Waals surface area contributed by atoms with Crippen molar-refractivity contribution in [2.45, 2.75) is 6.42 Å². The van der Waals surface area contributed by atoms with Crippen LogP contribution in [0, 0.1) is 5.82 Å². The molecule has 0 unspecified atom stereocenters. The highest BCUT2D eigenvalue weighted by atomic mass is 32.1. The predicted octanol–water partition coefficient (Wildman–Crippen LogP) is 3.73. The SMILES string of the molecule is COc1ccc(C(=O)Nc2nc(CC(=O)Nc3cccc(F)c3)cs2)cc1OC. The lowest BCUT2D eigenvalue weighted by Gasteiger charge is -2.09. The highest BCUT2D eigenvalue weighted by Crippen LogP contribution is 2.28. The molecule has 9 heteroatoms.